The van der Waals surface area contributed by atoms with Gasteiger partial charge in [-0.3, -0.25) is 4.79 Å². The van der Waals surface area contributed by atoms with Crippen LogP contribution in [0.25, 0.3) is 11.5 Å². The zero-order valence-electron chi connectivity index (χ0n) is 22.3. The second-order valence-electron chi connectivity index (χ2n) is 9.43. The minimum Gasteiger partial charge on any atom is -0.493 e. The van der Waals surface area contributed by atoms with Crippen LogP contribution in [-0.2, 0) is 17.6 Å². The zero-order valence-corrected chi connectivity index (χ0v) is 22.3. The van der Waals surface area contributed by atoms with Crippen LogP contribution in [0.4, 0.5) is 0 Å². The Balaban J connectivity index is 1.30. The summed E-state index contributed by atoms with van der Waals surface area (Å²) < 4.78 is 11.7. The molecule has 39 heavy (non-hydrogen) atoms. The third-order valence-electron chi connectivity index (χ3n) is 6.27. The SMILES string of the molecule is C/C(=C\C(=O)c1ccc(C)cc1)N[C@@H](Cc1ccc(OCCc2nc(-c3ccccc3)oc2C)cc1)C(=O)O. The maximum Gasteiger partial charge on any atom is 0.326 e. The molecular weight excluding hydrogens is 492 g/mol. The molecule has 1 heterocycles. The number of aliphatic carboxylic acids is 1. The lowest BCUT2D eigenvalue weighted by molar-refractivity contribution is -0.139. The van der Waals surface area contributed by atoms with E-state index in [1.807, 2.05) is 80.6 Å². The zero-order chi connectivity index (χ0) is 27.8. The lowest BCUT2D eigenvalue weighted by Crippen LogP contribution is -2.37. The molecule has 0 saturated heterocycles. The van der Waals surface area contributed by atoms with Crippen molar-refractivity contribution in [1.82, 2.24) is 10.3 Å². The van der Waals surface area contributed by atoms with Gasteiger partial charge in [0.05, 0.1) is 12.3 Å². The monoisotopic (exact) mass is 524 g/mol. The Kier molecular flexibility index (Phi) is 8.94. The van der Waals surface area contributed by atoms with E-state index in [1.54, 1.807) is 19.1 Å². The molecule has 1 atom stereocenters. The fourth-order valence-electron chi connectivity index (χ4n) is 4.10. The Morgan fingerprint density at radius 3 is 2.36 bits per heavy atom. The van der Waals surface area contributed by atoms with Crippen molar-refractivity contribution in [2.75, 3.05) is 6.61 Å². The Morgan fingerprint density at radius 1 is 1.00 bits per heavy atom. The van der Waals surface area contributed by atoms with Gasteiger partial charge in [0.1, 0.15) is 17.6 Å². The molecule has 2 N–H and O–H groups in total. The summed E-state index contributed by atoms with van der Waals surface area (Å²) in [5.74, 6) is 0.873. The molecule has 1 aromatic heterocycles. The number of carbonyl (C=O) groups excluding carboxylic acids is 1. The summed E-state index contributed by atoms with van der Waals surface area (Å²) >= 11 is 0. The number of nitrogens with one attached hydrogen (secondary N) is 1. The van der Waals surface area contributed by atoms with E-state index in [0.717, 1.165) is 28.1 Å². The summed E-state index contributed by atoms with van der Waals surface area (Å²) in [7, 11) is 0. The van der Waals surface area contributed by atoms with Gasteiger partial charge in [-0.1, -0.05) is 60.2 Å². The molecule has 7 heteroatoms. The Morgan fingerprint density at radius 2 is 1.69 bits per heavy atom. The molecule has 4 rings (SSSR count). The number of aryl methyl sites for hydroxylation is 2. The van der Waals surface area contributed by atoms with Crippen molar-refractivity contribution in [3.63, 3.8) is 0 Å². The van der Waals surface area contributed by atoms with Gasteiger partial charge in [-0.15, -0.1) is 0 Å². The number of nitrogens with zero attached hydrogens (tertiary/aromatic N) is 1. The van der Waals surface area contributed by atoms with Crippen molar-refractivity contribution in [2.24, 2.45) is 0 Å². The first kappa shape index (κ1) is 27.4. The van der Waals surface area contributed by atoms with Gasteiger partial charge in [-0.25, -0.2) is 9.78 Å². The number of allylic oxidation sites excluding steroid dienone is 2. The first-order valence-electron chi connectivity index (χ1n) is 12.8. The largest absolute Gasteiger partial charge is 0.493 e. The van der Waals surface area contributed by atoms with Crippen molar-refractivity contribution in [1.29, 1.82) is 0 Å². The number of carboxylic acid groups (broad SMARTS) is 1. The van der Waals surface area contributed by atoms with E-state index in [1.165, 1.54) is 6.08 Å². The molecular formula is C32H32N2O5. The quantitative estimate of drug-likeness (QED) is 0.174. The first-order chi connectivity index (χ1) is 18.8. The first-order valence-corrected chi connectivity index (χ1v) is 12.8. The Labute approximate surface area is 228 Å². The van der Waals surface area contributed by atoms with Gasteiger partial charge in [0.25, 0.3) is 0 Å². The van der Waals surface area contributed by atoms with Gasteiger partial charge in [0, 0.05) is 35.7 Å². The number of oxazole rings is 1. The fraction of sp³-hybridized carbons (Fsp3) is 0.219. The lowest BCUT2D eigenvalue weighted by atomic mass is 10.0. The van der Waals surface area contributed by atoms with E-state index in [4.69, 9.17) is 9.15 Å². The number of carboxylic acids is 1. The smallest absolute Gasteiger partial charge is 0.326 e. The van der Waals surface area contributed by atoms with Crippen LogP contribution in [0.15, 0.2) is 95.1 Å². The number of ether oxygens (including phenoxy) is 1. The predicted molar refractivity (Wildman–Crippen MR) is 150 cm³/mol. The van der Waals surface area contributed by atoms with E-state index in [9.17, 15) is 14.7 Å². The molecule has 200 valence electrons. The van der Waals surface area contributed by atoms with Crippen LogP contribution in [0.3, 0.4) is 0 Å². The van der Waals surface area contributed by atoms with Gasteiger partial charge < -0.3 is 19.6 Å². The van der Waals surface area contributed by atoms with Gasteiger partial charge in [-0.2, -0.15) is 0 Å². The van der Waals surface area contributed by atoms with Crippen LogP contribution in [-0.4, -0.2) is 34.5 Å². The number of hydrogen-bond acceptors (Lipinski definition) is 6. The highest BCUT2D eigenvalue weighted by atomic mass is 16.5. The normalized spacial score (nSPS) is 12.1. The molecule has 0 fully saturated rings. The van der Waals surface area contributed by atoms with E-state index in [0.29, 0.717) is 35.9 Å². The number of rotatable bonds is 12. The molecule has 0 saturated carbocycles. The Hall–Kier alpha value is -4.65. The van der Waals surface area contributed by atoms with Gasteiger partial charge >= 0.3 is 5.97 Å². The van der Waals surface area contributed by atoms with Crippen LogP contribution in [0, 0.1) is 13.8 Å². The summed E-state index contributed by atoms with van der Waals surface area (Å²) in [4.78, 5) is 29.0. The molecule has 4 aromatic rings. The summed E-state index contributed by atoms with van der Waals surface area (Å²) in [5.41, 5.74) is 4.73. The van der Waals surface area contributed by atoms with Crippen molar-refractivity contribution in [3.8, 4) is 17.2 Å². The summed E-state index contributed by atoms with van der Waals surface area (Å²) in [5, 5.41) is 12.7. The molecule has 0 aliphatic heterocycles. The van der Waals surface area contributed by atoms with Gasteiger partial charge in [-0.05, 0) is 50.6 Å². The summed E-state index contributed by atoms with van der Waals surface area (Å²) in [6.45, 7) is 5.97. The third-order valence-corrected chi connectivity index (χ3v) is 6.27. The summed E-state index contributed by atoms with van der Waals surface area (Å²) in [6.07, 6.45) is 2.28. The summed E-state index contributed by atoms with van der Waals surface area (Å²) in [6, 6.07) is 23.5. The average Bonchev–Trinajstić information content (AvgIpc) is 3.30. The number of hydrogen-bond donors (Lipinski definition) is 2. The topological polar surface area (TPSA) is 102 Å². The molecule has 0 amide bonds. The van der Waals surface area contributed by atoms with Crippen LogP contribution >= 0.6 is 0 Å². The highest BCUT2D eigenvalue weighted by Crippen LogP contribution is 2.22. The van der Waals surface area contributed by atoms with E-state index in [2.05, 4.69) is 10.3 Å². The van der Waals surface area contributed by atoms with Gasteiger partial charge in [0.2, 0.25) is 5.89 Å². The van der Waals surface area contributed by atoms with Crippen LogP contribution in [0.1, 0.15) is 39.9 Å². The molecule has 0 aliphatic rings. The molecule has 0 spiro atoms. The van der Waals surface area contributed by atoms with E-state index < -0.39 is 12.0 Å². The fourth-order valence-corrected chi connectivity index (χ4v) is 4.10. The minimum atomic E-state index is -0.997. The number of carbonyl (C=O) groups is 2. The second kappa shape index (κ2) is 12.7. The number of benzene rings is 3. The molecule has 0 unspecified atom stereocenters. The molecule has 7 nitrogen and oxygen atoms in total. The van der Waals surface area contributed by atoms with Crippen molar-refractivity contribution in [2.45, 2.75) is 39.7 Å². The highest BCUT2D eigenvalue weighted by Gasteiger charge is 2.18. The Bertz CT molecular complexity index is 1440. The van der Waals surface area contributed by atoms with Crippen LogP contribution in [0.2, 0.25) is 0 Å². The van der Waals surface area contributed by atoms with Crippen LogP contribution < -0.4 is 10.1 Å². The number of ketones is 1. The van der Waals surface area contributed by atoms with Crippen LogP contribution in [0.5, 0.6) is 5.75 Å². The maximum atomic E-state index is 12.5. The van der Waals surface area contributed by atoms with Crippen molar-refractivity contribution < 1.29 is 23.8 Å². The molecule has 3 aromatic carbocycles. The average molecular weight is 525 g/mol. The maximum absolute atomic E-state index is 12.5. The third kappa shape index (κ3) is 7.68. The molecule has 0 bridgehead atoms. The lowest BCUT2D eigenvalue weighted by Gasteiger charge is -2.16. The molecule has 0 aliphatic carbocycles. The highest BCUT2D eigenvalue weighted by molar-refractivity contribution is 6.04. The second-order valence-corrected chi connectivity index (χ2v) is 9.43. The standard InChI is InChI=1S/C32H32N2O5/c1-21-9-13-25(14-10-21)30(35)19-22(2)33-29(32(36)37)20-24-11-15-27(16-12-24)38-18-17-28-23(3)39-31(34-28)26-7-5-4-6-8-26/h4-16,19,29,33H,17-18,20H2,1-3H3,(H,36,37)/b22-19+/t29-/m0/s1. The van der Waals surface area contributed by atoms with E-state index >= 15 is 0 Å². The minimum absolute atomic E-state index is 0.178. The van der Waals surface area contributed by atoms with Gasteiger partial charge in [0.15, 0.2) is 5.78 Å². The van der Waals surface area contributed by atoms with Crippen molar-refractivity contribution >= 4 is 11.8 Å². The number of aromatic nitrogens is 1. The predicted octanol–water partition coefficient (Wildman–Crippen LogP) is 5.95. The van der Waals surface area contributed by atoms with E-state index in [-0.39, 0.29) is 12.2 Å². The van der Waals surface area contributed by atoms with Crippen molar-refractivity contribution in [3.05, 3.63) is 119 Å². The molecule has 0 radical (unpaired) electrons.